The van der Waals surface area contributed by atoms with Crippen molar-refractivity contribution < 1.29 is 9.53 Å². The van der Waals surface area contributed by atoms with E-state index in [-0.39, 0.29) is 5.91 Å². The Balaban J connectivity index is 1.34. The molecule has 5 nitrogen and oxygen atoms in total. The minimum Gasteiger partial charge on any atom is -0.497 e. The van der Waals surface area contributed by atoms with Gasteiger partial charge in [0.15, 0.2) is 0 Å². The Morgan fingerprint density at radius 2 is 1.79 bits per heavy atom. The summed E-state index contributed by atoms with van der Waals surface area (Å²) < 4.78 is 6.43. The molecule has 0 bridgehead atoms. The summed E-state index contributed by atoms with van der Waals surface area (Å²) in [6, 6.07) is 19.4. The highest BCUT2D eigenvalue weighted by molar-refractivity contribution is 9.10. The standard InChI is InChI=1S/C27H25BrClN3O2/c1-34-21-10-12-24-23(17-21)27(22-11-9-20(29)16-25(22)32-24)31-15-3-2-14-30-26(33)13-6-18-4-7-19(28)8-5-18/h4-13,16-17H,2-3,14-15H2,1H3,(H,30,33)(H,31,32)/b13-6+. The Hall–Kier alpha value is -3.09. The number of hydrogen-bond acceptors (Lipinski definition) is 4. The molecule has 34 heavy (non-hydrogen) atoms. The number of nitrogens with one attached hydrogen (secondary N) is 2. The number of carbonyl (C=O) groups excluding carboxylic acids is 1. The number of aromatic nitrogens is 1. The maximum absolute atomic E-state index is 12.1. The van der Waals surface area contributed by atoms with Crippen LogP contribution in [0.15, 0.2) is 71.2 Å². The van der Waals surface area contributed by atoms with Crippen molar-refractivity contribution in [3.8, 4) is 5.75 Å². The average molecular weight is 539 g/mol. The van der Waals surface area contributed by atoms with Crippen LogP contribution in [0.5, 0.6) is 5.75 Å². The third kappa shape index (κ3) is 6.07. The maximum atomic E-state index is 12.1. The van der Waals surface area contributed by atoms with Gasteiger partial charge in [0.1, 0.15) is 5.75 Å². The molecule has 4 rings (SSSR count). The molecule has 0 aliphatic heterocycles. The first-order valence-corrected chi connectivity index (χ1v) is 12.2. The second-order valence-electron chi connectivity index (χ2n) is 7.84. The second kappa shape index (κ2) is 11.4. The summed E-state index contributed by atoms with van der Waals surface area (Å²) in [5.74, 6) is 0.690. The van der Waals surface area contributed by atoms with Crippen LogP contribution in [0.4, 0.5) is 5.69 Å². The minimum atomic E-state index is -0.0917. The van der Waals surface area contributed by atoms with E-state index in [1.807, 2.05) is 66.7 Å². The summed E-state index contributed by atoms with van der Waals surface area (Å²) in [6.07, 6.45) is 5.14. The Labute approximate surface area is 212 Å². The van der Waals surface area contributed by atoms with Crippen molar-refractivity contribution in [1.82, 2.24) is 10.3 Å². The van der Waals surface area contributed by atoms with E-state index in [0.29, 0.717) is 11.6 Å². The van der Waals surface area contributed by atoms with E-state index < -0.39 is 0 Å². The fourth-order valence-electron chi connectivity index (χ4n) is 3.69. The van der Waals surface area contributed by atoms with Crippen LogP contribution in [-0.4, -0.2) is 31.1 Å². The molecule has 0 atom stereocenters. The number of pyridine rings is 1. The lowest BCUT2D eigenvalue weighted by atomic mass is 10.1. The third-order valence-electron chi connectivity index (χ3n) is 5.44. The van der Waals surface area contributed by atoms with Crippen LogP contribution >= 0.6 is 27.5 Å². The molecule has 1 heterocycles. The van der Waals surface area contributed by atoms with Crippen LogP contribution in [0.2, 0.25) is 5.02 Å². The van der Waals surface area contributed by atoms with Gasteiger partial charge in [-0.2, -0.15) is 0 Å². The topological polar surface area (TPSA) is 63.2 Å². The molecule has 1 aromatic heterocycles. The fraction of sp³-hybridized carbons (Fsp3) is 0.185. The normalized spacial score (nSPS) is 11.3. The van der Waals surface area contributed by atoms with Gasteiger partial charge in [0.25, 0.3) is 0 Å². The number of carbonyl (C=O) groups is 1. The number of anilines is 1. The van der Waals surface area contributed by atoms with Gasteiger partial charge >= 0.3 is 0 Å². The minimum absolute atomic E-state index is 0.0917. The number of amides is 1. The highest BCUT2D eigenvalue weighted by Crippen LogP contribution is 2.34. The lowest BCUT2D eigenvalue weighted by Gasteiger charge is -2.14. The summed E-state index contributed by atoms with van der Waals surface area (Å²) in [6.45, 7) is 1.38. The van der Waals surface area contributed by atoms with Crippen molar-refractivity contribution in [2.24, 2.45) is 0 Å². The zero-order valence-electron chi connectivity index (χ0n) is 18.8. The first-order valence-electron chi connectivity index (χ1n) is 11.1. The largest absolute Gasteiger partial charge is 0.497 e. The lowest BCUT2D eigenvalue weighted by Crippen LogP contribution is -2.22. The van der Waals surface area contributed by atoms with Crippen LogP contribution in [0.3, 0.4) is 0 Å². The number of hydrogen-bond donors (Lipinski definition) is 2. The van der Waals surface area contributed by atoms with Gasteiger partial charge in [0, 0.05) is 39.4 Å². The first-order chi connectivity index (χ1) is 16.5. The second-order valence-corrected chi connectivity index (χ2v) is 9.19. The van der Waals surface area contributed by atoms with Crippen LogP contribution in [0.1, 0.15) is 18.4 Å². The molecule has 1 amide bonds. The lowest BCUT2D eigenvalue weighted by molar-refractivity contribution is -0.116. The number of ether oxygens (including phenoxy) is 1. The van der Waals surface area contributed by atoms with Crippen molar-refractivity contribution in [2.45, 2.75) is 12.8 Å². The zero-order chi connectivity index (χ0) is 23.9. The summed E-state index contributed by atoms with van der Waals surface area (Å²) in [5, 5.41) is 9.18. The van der Waals surface area contributed by atoms with Gasteiger partial charge in [-0.3, -0.25) is 4.79 Å². The van der Waals surface area contributed by atoms with E-state index in [9.17, 15) is 4.79 Å². The Bertz CT molecular complexity index is 1340. The molecule has 0 aliphatic carbocycles. The molecule has 3 aromatic carbocycles. The number of halogens is 2. The van der Waals surface area contributed by atoms with Gasteiger partial charge in [-0.1, -0.05) is 39.7 Å². The quantitative estimate of drug-likeness (QED) is 0.139. The van der Waals surface area contributed by atoms with Crippen molar-refractivity contribution in [2.75, 3.05) is 25.5 Å². The highest BCUT2D eigenvalue weighted by Gasteiger charge is 2.10. The number of unbranched alkanes of at least 4 members (excludes halogenated alkanes) is 1. The van der Waals surface area contributed by atoms with E-state index in [4.69, 9.17) is 21.3 Å². The van der Waals surface area contributed by atoms with Gasteiger partial charge < -0.3 is 15.4 Å². The predicted octanol–water partition coefficient (Wildman–Crippen LogP) is 6.83. The van der Waals surface area contributed by atoms with E-state index in [0.717, 1.165) is 62.7 Å². The number of methoxy groups -OCH3 is 1. The Morgan fingerprint density at radius 1 is 1.00 bits per heavy atom. The summed E-state index contributed by atoms with van der Waals surface area (Å²) >= 11 is 9.60. The predicted molar refractivity (Wildman–Crippen MR) is 145 cm³/mol. The molecule has 0 fully saturated rings. The molecule has 0 saturated carbocycles. The Kier molecular flexibility index (Phi) is 8.03. The van der Waals surface area contributed by atoms with E-state index in [1.165, 1.54) is 0 Å². The molecule has 0 radical (unpaired) electrons. The Morgan fingerprint density at radius 3 is 2.59 bits per heavy atom. The number of nitrogens with zero attached hydrogens (tertiary/aromatic N) is 1. The number of fused-ring (bicyclic) bond motifs is 2. The molecule has 174 valence electrons. The van der Waals surface area contributed by atoms with Crippen LogP contribution in [0, 0.1) is 0 Å². The highest BCUT2D eigenvalue weighted by atomic mass is 79.9. The summed E-state index contributed by atoms with van der Waals surface area (Å²) in [5.41, 5.74) is 3.72. The zero-order valence-corrected chi connectivity index (χ0v) is 21.1. The van der Waals surface area contributed by atoms with Crippen LogP contribution < -0.4 is 15.4 Å². The van der Waals surface area contributed by atoms with Gasteiger partial charge in [-0.25, -0.2) is 4.98 Å². The molecule has 0 spiro atoms. The van der Waals surface area contributed by atoms with Crippen LogP contribution in [0.25, 0.3) is 27.9 Å². The van der Waals surface area contributed by atoms with Crippen molar-refractivity contribution in [3.63, 3.8) is 0 Å². The van der Waals surface area contributed by atoms with E-state index in [2.05, 4.69) is 26.6 Å². The monoisotopic (exact) mass is 537 g/mol. The van der Waals surface area contributed by atoms with Crippen LogP contribution in [-0.2, 0) is 4.79 Å². The molecule has 2 N–H and O–H groups in total. The van der Waals surface area contributed by atoms with Gasteiger partial charge in [0.2, 0.25) is 5.91 Å². The first kappa shape index (κ1) is 24.0. The molecule has 0 saturated heterocycles. The number of benzene rings is 3. The SMILES string of the molecule is COc1ccc2nc3cc(Cl)ccc3c(NCCCCNC(=O)/C=C/c3ccc(Br)cc3)c2c1. The fourth-order valence-corrected chi connectivity index (χ4v) is 4.12. The van der Waals surface area contributed by atoms with Gasteiger partial charge in [-0.15, -0.1) is 0 Å². The summed E-state index contributed by atoms with van der Waals surface area (Å²) in [4.78, 5) is 16.8. The van der Waals surface area contributed by atoms with Crippen molar-refractivity contribution >= 4 is 67.0 Å². The van der Waals surface area contributed by atoms with Crippen molar-refractivity contribution in [1.29, 1.82) is 0 Å². The summed E-state index contributed by atoms with van der Waals surface area (Å²) in [7, 11) is 1.66. The molecule has 4 aromatic rings. The molecular formula is C27H25BrClN3O2. The molecule has 0 aliphatic rings. The van der Waals surface area contributed by atoms with Gasteiger partial charge in [-0.05, 0) is 73.0 Å². The molecular weight excluding hydrogens is 514 g/mol. The maximum Gasteiger partial charge on any atom is 0.243 e. The smallest absolute Gasteiger partial charge is 0.243 e. The van der Waals surface area contributed by atoms with E-state index >= 15 is 0 Å². The molecule has 0 unspecified atom stereocenters. The van der Waals surface area contributed by atoms with Crippen molar-refractivity contribution in [3.05, 3.63) is 81.8 Å². The third-order valence-corrected chi connectivity index (χ3v) is 6.21. The average Bonchev–Trinajstić information content (AvgIpc) is 2.84. The number of rotatable bonds is 9. The molecule has 7 heteroatoms. The van der Waals surface area contributed by atoms with E-state index in [1.54, 1.807) is 13.2 Å². The van der Waals surface area contributed by atoms with Gasteiger partial charge in [0.05, 0.1) is 23.8 Å².